The molecule has 118 valence electrons. The molecule has 0 saturated carbocycles. The first-order valence-corrected chi connectivity index (χ1v) is 9.23. The van der Waals surface area contributed by atoms with Gasteiger partial charge < -0.3 is 9.47 Å². The molecule has 0 N–H and O–H groups in total. The van der Waals surface area contributed by atoms with E-state index >= 15 is 0 Å². The summed E-state index contributed by atoms with van der Waals surface area (Å²) >= 11 is 6.03. The molecule has 1 aromatic rings. The molecule has 3 heterocycles. The third-order valence-electron chi connectivity index (χ3n) is 4.50. The molecule has 1 aromatic heterocycles. The summed E-state index contributed by atoms with van der Waals surface area (Å²) in [6.45, 7) is 3.42. The average Bonchev–Trinajstić information content (AvgIpc) is 3.11. The normalized spacial score (nSPS) is 23.0. The molecule has 0 unspecified atom stereocenters. The highest BCUT2D eigenvalue weighted by molar-refractivity contribution is 7.89. The lowest BCUT2D eigenvalue weighted by Gasteiger charge is -2.35. The zero-order valence-electron chi connectivity index (χ0n) is 12.2. The van der Waals surface area contributed by atoms with Gasteiger partial charge in [-0.25, -0.2) is 13.4 Å². The summed E-state index contributed by atoms with van der Waals surface area (Å²) in [5, 5.41) is 0.156. The smallest absolute Gasteiger partial charge is 0.263 e. The highest BCUT2D eigenvalue weighted by Crippen LogP contribution is 2.27. The van der Waals surface area contributed by atoms with Gasteiger partial charge in [-0.05, 0) is 38.8 Å². The minimum Gasteiger partial charge on any atom is -0.324 e. The number of imidazole rings is 1. The van der Waals surface area contributed by atoms with E-state index in [-0.39, 0.29) is 10.2 Å². The maximum absolute atomic E-state index is 12.6. The van der Waals surface area contributed by atoms with E-state index in [2.05, 4.69) is 9.88 Å². The predicted octanol–water partition coefficient (Wildman–Crippen LogP) is 1.32. The maximum atomic E-state index is 12.6. The topological polar surface area (TPSA) is 58.4 Å². The van der Waals surface area contributed by atoms with Crippen molar-refractivity contribution in [3.8, 4) is 0 Å². The van der Waals surface area contributed by atoms with E-state index in [0.717, 1.165) is 25.9 Å². The summed E-state index contributed by atoms with van der Waals surface area (Å²) < 4.78 is 28.2. The maximum Gasteiger partial charge on any atom is 0.263 e. The van der Waals surface area contributed by atoms with Crippen LogP contribution in [0.25, 0.3) is 0 Å². The summed E-state index contributed by atoms with van der Waals surface area (Å²) in [5.41, 5.74) is 0. The molecule has 0 aliphatic carbocycles. The summed E-state index contributed by atoms with van der Waals surface area (Å²) in [6.07, 6.45) is 5.75. The monoisotopic (exact) mass is 332 g/mol. The van der Waals surface area contributed by atoms with E-state index in [1.165, 1.54) is 28.0 Å². The Balaban J connectivity index is 1.69. The van der Waals surface area contributed by atoms with Crippen molar-refractivity contribution in [1.29, 1.82) is 0 Å². The van der Waals surface area contributed by atoms with Gasteiger partial charge in [0.1, 0.15) is 5.15 Å². The molecule has 0 bridgehead atoms. The number of sulfonamides is 1. The molecule has 0 spiro atoms. The Labute approximate surface area is 130 Å². The molecular weight excluding hydrogens is 312 g/mol. The van der Waals surface area contributed by atoms with E-state index in [1.54, 1.807) is 7.05 Å². The largest absolute Gasteiger partial charge is 0.324 e. The van der Waals surface area contributed by atoms with Crippen molar-refractivity contribution in [2.24, 2.45) is 7.05 Å². The van der Waals surface area contributed by atoms with Crippen molar-refractivity contribution in [3.05, 3.63) is 11.5 Å². The van der Waals surface area contributed by atoms with Crippen LogP contribution >= 0.6 is 11.6 Å². The minimum absolute atomic E-state index is 0.0220. The Hall–Kier alpha value is -0.630. The zero-order valence-corrected chi connectivity index (χ0v) is 13.8. The molecule has 2 aliphatic rings. The summed E-state index contributed by atoms with van der Waals surface area (Å²) in [4.78, 5) is 6.45. The van der Waals surface area contributed by atoms with Crippen LogP contribution in [0.4, 0.5) is 0 Å². The number of hydrogen-bond acceptors (Lipinski definition) is 4. The van der Waals surface area contributed by atoms with Crippen LogP contribution in [0.15, 0.2) is 11.4 Å². The predicted molar refractivity (Wildman–Crippen MR) is 80.8 cm³/mol. The van der Waals surface area contributed by atoms with Gasteiger partial charge in [0.2, 0.25) is 5.03 Å². The lowest BCUT2D eigenvalue weighted by molar-refractivity contribution is 0.167. The van der Waals surface area contributed by atoms with Crippen LogP contribution in [0.1, 0.15) is 25.7 Å². The van der Waals surface area contributed by atoms with E-state index in [4.69, 9.17) is 11.6 Å². The number of hydrogen-bond donors (Lipinski definition) is 0. The minimum atomic E-state index is -3.57. The van der Waals surface area contributed by atoms with Crippen LogP contribution in [0, 0.1) is 0 Å². The van der Waals surface area contributed by atoms with Crippen molar-refractivity contribution in [2.75, 3.05) is 26.2 Å². The van der Waals surface area contributed by atoms with Crippen LogP contribution in [0.5, 0.6) is 0 Å². The molecule has 21 heavy (non-hydrogen) atoms. The van der Waals surface area contributed by atoms with Crippen molar-refractivity contribution in [3.63, 3.8) is 0 Å². The second kappa shape index (κ2) is 5.87. The van der Waals surface area contributed by atoms with Gasteiger partial charge in [0.25, 0.3) is 10.0 Å². The van der Waals surface area contributed by atoms with Crippen LogP contribution in [0.2, 0.25) is 5.15 Å². The SMILES string of the molecule is Cn1cnc(S(=O)(=O)N2CCC(N3CCCC3)CC2)c1Cl. The molecule has 0 radical (unpaired) electrons. The molecule has 6 nitrogen and oxygen atoms in total. The summed E-state index contributed by atoms with van der Waals surface area (Å²) in [7, 11) is -1.88. The lowest BCUT2D eigenvalue weighted by atomic mass is 10.1. The van der Waals surface area contributed by atoms with E-state index in [0.29, 0.717) is 19.1 Å². The molecule has 0 atom stereocenters. The molecule has 2 aliphatic heterocycles. The number of nitrogens with zero attached hydrogens (tertiary/aromatic N) is 4. The Kier molecular flexibility index (Phi) is 4.27. The molecule has 3 rings (SSSR count). The van der Waals surface area contributed by atoms with Crippen molar-refractivity contribution in [1.82, 2.24) is 18.8 Å². The average molecular weight is 333 g/mol. The fourth-order valence-electron chi connectivity index (χ4n) is 3.24. The van der Waals surface area contributed by atoms with Gasteiger partial charge in [-0.2, -0.15) is 4.31 Å². The van der Waals surface area contributed by atoms with Crippen LogP contribution in [-0.2, 0) is 17.1 Å². The highest BCUT2D eigenvalue weighted by atomic mass is 35.5. The zero-order chi connectivity index (χ0) is 15.0. The third-order valence-corrected chi connectivity index (χ3v) is 6.89. The van der Waals surface area contributed by atoms with Crippen molar-refractivity contribution < 1.29 is 8.42 Å². The third kappa shape index (κ3) is 2.84. The van der Waals surface area contributed by atoms with Gasteiger partial charge in [0.05, 0.1) is 6.33 Å². The van der Waals surface area contributed by atoms with Gasteiger partial charge in [-0.3, -0.25) is 0 Å². The number of aromatic nitrogens is 2. The van der Waals surface area contributed by atoms with Crippen molar-refractivity contribution >= 4 is 21.6 Å². The Morgan fingerprint density at radius 1 is 1.19 bits per heavy atom. The Morgan fingerprint density at radius 2 is 1.81 bits per heavy atom. The second-order valence-electron chi connectivity index (χ2n) is 5.83. The number of rotatable bonds is 3. The van der Waals surface area contributed by atoms with E-state index < -0.39 is 10.0 Å². The van der Waals surface area contributed by atoms with E-state index in [1.807, 2.05) is 0 Å². The lowest BCUT2D eigenvalue weighted by Crippen LogP contribution is -2.45. The highest BCUT2D eigenvalue weighted by Gasteiger charge is 2.34. The first-order valence-electron chi connectivity index (χ1n) is 7.41. The van der Waals surface area contributed by atoms with Gasteiger partial charge in [0.15, 0.2) is 0 Å². The summed E-state index contributed by atoms with van der Waals surface area (Å²) in [6, 6.07) is 0.526. The fourth-order valence-corrected chi connectivity index (χ4v) is 5.10. The number of aryl methyl sites for hydroxylation is 1. The Bertz CT molecular complexity index is 602. The molecule has 0 aromatic carbocycles. The molecule has 8 heteroatoms. The quantitative estimate of drug-likeness (QED) is 0.837. The number of likely N-dealkylation sites (tertiary alicyclic amines) is 1. The van der Waals surface area contributed by atoms with Crippen molar-refractivity contribution in [2.45, 2.75) is 36.8 Å². The van der Waals surface area contributed by atoms with Gasteiger partial charge in [0, 0.05) is 26.2 Å². The molecule has 0 amide bonds. The van der Waals surface area contributed by atoms with E-state index in [9.17, 15) is 8.42 Å². The van der Waals surface area contributed by atoms with Crippen LogP contribution < -0.4 is 0 Å². The van der Waals surface area contributed by atoms with Gasteiger partial charge >= 0.3 is 0 Å². The molecule has 2 fully saturated rings. The summed E-state index contributed by atoms with van der Waals surface area (Å²) in [5.74, 6) is 0. The molecular formula is C13H21ClN4O2S. The first kappa shape index (κ1) is 15.3. The number of piperidine rings is 1. The standard InChI is InChI=1S/C13H21ClN4O2S/c1-16-10-15-13(12(16)14)21(19,20)18-8-4-11(5-9-18)17-6-2-3-7-17/h10-11H,2-9H2,1H3. The van der Waals surface area contributed by atoms with Gasteiger partial charge in [-0.15, -0.1) is 0 Å². The number of halogens is 1. The second-order valence-corrected chi connectivity index (χ2v) is 8.04. The van der Waals surface area contributed by atoms with Gasteiger partial charge in [-0.1, -0.05) is 11.6 Å². The Morgan fingerprint density at radius 3 is 2.33 bits per heavy atom. The fraction of sp³-hybridized carbons (Fsp3) is 0.769. The van der Waals surface area contributed by atoms with Crippen LogP contribution in [-0.4, -0.2) is 59.4 Å². The molecule has 2 saturated heterocycles. The van der Waals surface area contributed by atoms with Crippen LogP contribution in [0.3, 0.4) is 0 Å². The first-order chi connectivity index (χ1) is 10.00.